The predicted octanol–water partition coefficient (Wildman–Crippen LogP) is 3.37. The van der Waals surface area contributed by atoms with E-state index in [1.54, 1.807) is 32.0 Å². The predicted molar refractivity (Wildman–Crippen MR) is 90.1 cm³/mol. The van der Waals surface area contributed by atoms with Gasteiger partial charge in [0.15, 0.2) is 6.61 Å². The fourth-order valence-electron chi connectivity index (χ4n) is 2.23. The van der Waals surface area contributed by atoms with E-state index in [2.05, 4.69) is 10.5 Å². The molecule has 0 saturated heterocycles. The Hall–Kier alpha value is -2.34. The number of hydrogen-bond donors (Lipinski definition) is 1. The lowest BCUT2D eigenvalue weighted by Gasteiger charge is -2.10. The van der Waals surface area contributed by atoms with E-state index in [0.29, 0.717) is 22.9 Å². The standard InChI is InChI=1S/C17H19ClN2O4/c1-10-14(18)5-4-6-15(10)19-16(21)9-23-17(22)8-7-13-11(2)20-24-12(13)3/h4-6H,7-9H2,1-3H3,(H,19,21). The lowest BCUT2D eigenvalue weighted by molar-refractivity contribution is -0.147. The van der Waals surface area contributed by atoms with Crippen LogP contribution < -0.4 is 5.32 Å². The van der Waals surface area contributed by atoms with Crippen LogP contribution in [0.15, 0.2) is 22.7 Å². The fraction of sp³-hybridized carbons (Fsp3) is 0.353. The molecule has 6 nitrogen and oxygen atoms in total. The van der Waals surface area contributed by atoms with E-state index in [0.717, 1.165) is 16.8 Å². The highest BCUT2D eigenvalue weighted by atomic mass is 35.5. The van der Waals surface area contributed by atoms with E-state index >= 15 is 0 Å². The summed E-state index contributed by atoms with van der Waals surface area (Å²) in [7, 11) is 0. The number of nitrogens with zero attached hydrogens (tertiary/aromatic N) is 1. The summed E-state index contributed by atoms with van der Waals surface area (Å²) in [5.41, 5.74) is 3.01. The van der Waals surface area contributed by atoms with Crippen molar-refractivity contribution < 1.29 is 18.8 Å². The average molecular weight is 351 g/mol. The molecule has 0 unspecified atom stereocenters. The van der Waals surface area contributed by atoms with Crippen molar-refractivity contribution in [2.75, 3.05) is 11.9 Å². The van der Waals surface area contributed by atoms with Crippen LogP contribution >= 0.6 is 11.6 Å². The molecule has 2 rings (SSSR count). The van der Waals surface area contributed by atoms with Crippen molar-refractivity contribution in [3.63, 3.8) is 0 Å². The number of carbonyl (C=O) groups excluding carboxylic acids is 2. The number of amides is 1. The highest BCUT2D eigenvalue weighted by molar-refractivity contribution is 6.31. The Morgan fingerprint density at radius 2 is 2.04 bits per heavy atom. The van der Waals surface area contributed by atoms with Crippen LogP contribution in [0.2, 0.25) is 5.02 Å². The lowest BCUT2D eigenvalue weighted by atomic mass is 10.1. The molecule has 128 valence electrons. The Balaban J connectivity index is 1.79. The third-order valence-corrected chi connectivity index (χ3v) is 4.08. The van der Waals surface area contributed by atoms with Gasteiger partial charge in [-0.25, -0.2) is 0 Å². The maximum Gasteiger partial charge on any atom is 0.306 e. The molecule has 24 heavy (non-hydrogen) atoms. The molecule has 0 radical (unpaired) electrons. The number of aryl methyl sites for hydroxylation is 2. The third kappa shape index (κ3) is 4.58. The number of hydrogen-bond acceptors (Lipinski definition) is 5. The molecule has 0 aliphatic carbocycles. The number of anilines is 1. The highest BCUT2D eigenvalue weighted by Crippen LogP contribution is 2.22. The molecule has 0 saturated carbocycles. The zero-order valence-corrected chi connectivity index (χ0v) is 14.6. The second-order valence-electron chi connectivity index (χ2n) is 5.42. The second-order valence-corrected chi connectivity index (χ2v) is 5.83. The van der Waals surface area contributed by atoms with Gasteiger partial charge in [0.1, 0.15) is 5.76 Å². The smallest absolute Gasteiger partial charge is 0.306 e. The summed E-state index contributed by atoms with van der Waals surface area (Å²) in [5.74, 6) is -0.173. The van der Waals surface area contributed by atoms with Crippen LogP contribution in [0, 0.1) is 20.8 Å². The number of ether oxygens (including phenoxy) is 1. The van der Waals surface area contributed by atoms with Crippen LogP contribution in [0.25, 0.3) is 0 Å². The minimum Gasteiger partial charge on any atom is -0.456 e. The van der Waals surface area contributed by atoms with Gasteiger partial charge in [-0.05, 0) is 44.9 Å². The Morgan fingerprint density at radius 1 is 1.29 bits per heavy atom. The largest absolute Gasteiger partial charge is 0.456 e. The minimum absolute atomic E-state index is 0.159. The van der Waals surface area contributed by atoms with Crippen molar-refractivity contribution >= 4 is 29.2 Å². The number of aromatic nitrogens is 1. The third-order valence-electron chi connectivity index (χ3n) is 3.67. The first-order chi connectivity index (χ1) is 11.4. The number of esters is 1. The molecule has 1 aromatic carbocycles. The Morgan fingerprint density at radius 3 is 2.71 bits per heavy atom. The number of rotatable bonds is 6. The van der Waals surface area contributed by atoms with Crippen molar-refractivity contribution in [3.05, 3.63) is 45.8 Å². The van der Waals surface area contributed by atoms with Crippen LogP contribution in [0.3, 0.4) is 0 Å². The van der Waals surface area contributed by atoms with Gasteiger partial charge in [0, 0.05) is 22.7 Å². The molecule has 0 bridgehead atoms. The van der Waals surface area contributed by atoms with Crippen LogP contribution in [0.5, 0.6) is 0 Å². The van der Waals surface area contributed by atoms with Gasteiger partial charge >= 0.3 is 5.97 Å². The maximum atomic E-state index is 11.9. The van der Waals surface area contributed by atoms with Crippen LogP contribution in [-0.4, -0.2) is 23.6 Å². The SMILES string of the molecule is Cc1noc(C)c1CCC(=O)OCC(=O)Nc1cccc(Cl)c1C. The first-order valence-corrected chi connectivity index (χ1v) is 7.88. The van der Waals surface area contributed by atoms with Crippen molar-refractivity contribution in [1.82, 2.24) is 5.16 Å². The lowest BCUT2D eigenvalue weighted by Crippen LogP contribution is -2.21. The molecule has 1 amide bonds. The summed E-state index contributed by atoms with van der Waals surface area (Å²) >= 11 is 5.99. The van der Waals surface area contributed by atoms with Gasteiger partial charge in [-0.2, -0.15) is 0 Å². The first kappa shape index (κ1) is 18.0. The quantitative estimate of drug-likeness (QED) is 0.808. The van der Waals surface area contributed by atoms with Gasteiger partial charge in [0.25, 0.3) is 5.91 Å². The van der Waals surface area contributed by atoms with E-state index in [9.17, 15) is 9.59 Å². The van der Waals surface area contributed by atoms with Gasteiger partial charge in [0.05, 0.1) is 5.69 Å². The first-order valence-electron chi connectivity index (χ1n) is 7.51. The van der Waals surface area contributed by atoms with Crippen molar-refractivity contribution in [1.29, 1.82) is 0 Å². The second kappa shape index (κ2) is 7.97. The summed E-state index contributed by atoms with van der Waals surface area (Å²) < 4.78 is 10.0. The molecule has 0 spiro atoms. The maximum absolute atomic E-state index is 11.9. The summed E-state index contributed by atoms with van der Waals surface area (Å²) in [4.78, 5) is 23.6. The zero-order valence-electron chi connectivity index (χ0n) is 13.8. The van der Waals surface area contributed by atoms with E-state index in [1.807, 2.05) is 6.92 Å². The number of halogens is 1. The van der Waals surface area contributed by atoms with Gasteiger partial charge in [-0.15, -0.1) is 0 Å². The van der Waals surface area contributed by atoms with Crippen LogP contribution in [0.1, 0.15) is 29.0 Å². The van der Waals surface area contributed by atoms with E-state index in [1.165, 1.54) is 0 Å². The van der Waals surface area contributed by atoms with Gasteiger partial charge in [-0.1, -0.05) is 22.8 Å². The molecular weight excluding hydrogens is 332 g/mol. The summed E-state index contributed by atoms with van der Waals surface area (Å²) in [6.45, 7) is 5.07. The van der Waals surface area contributed by atoms with Gasteiger partial charge in [0.2, 0.25) is 0 Å². The summed E-state index contributed by atoms with van der Waals surface area (Å²) in [6, 6.07) is 5.21. The molecule has 2 aromatic rings. The van der Waals surface area contributed by atoms with Gasteiger partial charge < -0.3 is 14.6 Å². The molecular formula is C17H19ClN2O4. The Labute approximate surface area is 145 Å². The highest BCUT2D eigenvalue weighted by Gasteiger charge is 2.13. The Bertz CT molecular complexity index is 736. The molecule has 7 heteroatoms. The molecule has 0 fully saturated rings. The van der Waals surface area contributed by atoms with Crippen LogP contribution in [0.4, 0.5) is 5.69 Å². The minimum atomic E-state index is -0.451. The Kier molecular flexibility index (Phi) is 5.98. The fourth-order valence-corrected chi connectivity index (χ4v) is 2.41. The molecule has 0 aliphatic heterocycles. The normalized spacial score (nSPS) is 10.5. The summed E-state index contributed by atoms with van der Waals surface area (Å²) in [6.07, 6.45) is 0.626. The van der Waals surface area contributed by atoms with Gasteiger partial charge in [-0.3, -0.25) is 9.59 Å². The van der Waals surface area contributed by atoms with Crippen molar-refractivity contribution in [2.24, 2.45) is 0 Å². The van der Waals surface area contributed by atoms with Crippen LogP contribution in [-0.2, 0) is 20.7 Å². The van der Waals surface area contributed by atoms with E-state index in [4.69, 9.17) is 20.9 Å². The average Bonchev–Trinajstić information content (AvgIpc) is 2.86. The topological polar surface area (TPSA) is 81.4 Å². The van der Waals surface area contributed by atoms with E-state index in [-0.39, 0.29) is 13.0 Å². The number of benzene rings is 1. The molecule has 1 N–H and O–H groups in total. The van der Waals surface area contributed by atoms with Crippen molar-refractivity contribution in [2.45, 2.75) is 33.6 Å². The molecule has 0 aliphatic rings. The number of nitrogens with one attached hydrogen (secondary N) is 1. The van der Waals surface area contributed by atoms with E-state index < -0.39 is 11.9 Å². The molecule has 0 atom stereocenters. The van der Waals surface area contributed by atoms with Crippen molar-refractivity contribution in [3.8, 4) is 0 Å². The molecule has 1 heterocycles. The molecule has 1 aromatic heterocycles. The number of carbonyl (C=O) groups is 2. The summed E-state index contributed by atoms with van der Waals surface area (Å²) in [5, 5.41) is 7.06. The monoisotopic (exact) mass is 350 g/mol. The zero-order chi connectivity index (χ0) is 17.7.